The summed E-state index contributed by atoms with van der Waals surface area (Å²) >= 11 is 0. The average Bonchev–Trinajstić information content (AvgIpc) is 3.42. The number of aryl methyl sites for hydroxylation is 1. The highest BCUT2D eigenvalue weighted by molar-refractivity contribution is 5.93. The Kier molecular flexibility index (Phi) is 4.75. The Bertz CT molecular complexity index is 927. The Morgan fingerprint density at radius 3 is 2.41 bits per heavy atom. The van der Waals surface area contributed by atoms with E-state index in [1.165, 1.54) is 17.7 Å². The molecule has 0 radical (unpaired) electrons. The molecule has 1 fully saturated rings. The lowest BCUT2D eigenvalue weighted by Crippen LogP contribution is -2.33. The predicted octanol–water partition coefficient (Wildman–Crippen LogP) is 4.38. The summed E-state index contributed by atoms with van der Waals surface area (Å²) in [6.07, 6.45) is 6.25. The summed E-state index contributed by atoms with van der Waals surface area (Å²) in [4.78, 5) is 19.4. The molecule has 0 aliphatic heterocycles. The highest BCUT2D eigenvalue weighted by Crippen LogP contribution is 2.30. The van der Waals surface area contributed by atoms with Gasteiger partial charge in [-0.25, -0.2) is 9.37 Å². The molecule has 0 bridgehead atoms. The van der Waals surface area contributed by atoms with E-state index >= 15 is 0 Å². The minimum Gasteiger partial charge on any atom is -0.330 e. The summed E-state index contributed by atoms with van der Waals surface area (Å²) < 4.78 is 14.9. The fourth-order valence-corrected chi connectivity index (χ4v) is 3.24. The molecule has 0 saturated heterocycles. The number of rotatable bonds is 6. The molecule has 0 spiro atoms. The molecule has 0 atom stereocenters. The topological polar surface area (TPSA) is 38.1 Å². The Hall–Kier alpha value is -2.95. The number of hydrogen-bond acceptors (Lipinski definition) is 2. The van der Waals surface area contributed by atoms with Crippen LogP contribution in [0.15, 0.2) is 61.1 Å². The number of halogens is 1. The maximum atomic E-state index is 13.3. The zero-order chi connectivity index (χ0) is 18.8. The molecule has 1 aliphatic rings. The normalized spacial score (nSPS) is 13.6. The zero-order valence-corrected chi connectivity index (χ0v) is 15.3. The Morgan fingerprint density at radius 2 is 1.78 bits per heavy atom. The van der Waals surface area contributed by atoms with Crippen LogP contribution in [0.3, 0.4) is 0 Å². The maximum Gasteiger partial charge on any atom is 0.273 e. The van der Waals surface area contributed by atoms with Crippen LogP contribution in [0.1, 0.15) is 41.4 Å². The van der Waals surface area contributed by atoms with Crippen molar-refractivity contribution in [2.45, 2.75) is 38.8 Å². The largest absolute Gasteiger partial charge is 0.330 e. The molecule has 4 rings (SSSR count). The maximum absolute atomic E-state index is 13.3. The van der Waals surface area contributed by atoms with Crippen LogP contribution in [-0.4, -0.2) is 26.4 Å². The van der Waals surface area contributed by atoms with Gasteiger partial charge in [0.05, 0.1) is 12.5 Å². The number of imidazole rings is 1. The van der Waals surface area contributed by atoms with Gasteiger partial charge in [0, 0.05) is 18.3 Å². The van der Waals surface area contributed by atoms with E-state index in [0.717, 1.165) is 30.5 Å². The molecular weight excluding hydrogens is 341 g/mol. The highest BCUT2D eigenvalue weighted by Gasteiger charge is 2.34. The first kappa shape index (κ1) is 17.5. The summed E-state index contributed by atoms with van der Waals surface area (Å²) in [5.41, 5.74) is 3.64. The van der Waals surface area contributed by atoms with E-state index in [-0.39, 0.29) is 17.8 Å². The molecule has 1 heterocycles. The summed E-state index contributed by atoms with van der Waals surface area (Å²) in [6, 6.07) is 14.8. The third kappa shape index (κ3) is 3.77. The molecule has 1 aliphatic carbocycles. The zero-order valence-electron chi connectivity index (χ0n) is 15.3. The van der Waals surface area contributed by atoms with Gasteiger partial charge < -0.3 is 4.90 Å². The summed E-state index contributed by atoms with van der Waals surface area (Å²) in [6.45, 7) is 2.72. The second-order valence-corrected chi connectivity index (χ2v) is 6.96. The molecule has 4 nitrogen and oxygen atoms in total. The van der Waals surface area contributed by atoms with Crippen LogP contribution in [0.5, 0.6) is 0 Å². The molecule has 1 aromatic heterocycles. The number of amides is 1. The number of aromatic nitrogens is 2. The SMILES string of the molecule is CCc1ccc(CN(C(=O)c2cncn2-c2ccc(F)cc2)C2CC2)cc1. The fourth-order valence-electron chi connectivity index (χ4n) is 3.24. The van der Waals surface area contributed by atoms with Crippen LogP contribution >= 0.6 is 0 Å². The summed E-state index contributed by atoms with van der Waals surface area (Å²) in [5, 5.41) is 0. The average molecular weight is 363 g/mol. The Balaban J connectivity index is 1.60. The second kappa shape index (κ2) is 7.35. The van der Waals surface area contributed by atoms with Crippen molar-refractivity contribution in [3.63, 3.8) is 0 Å². The van der Waals surface area contributed by atoms with Crippen LogP contribution in [0.4, 0.5) is 4.39 Å². The lowest BCUT2D eigenvalue weighted by molar-refractivity contribution is 0.0721. The van der Waals surface area contributed by atoms with E-state index in [1.807, 2.05) is 4.90 Å². The Morgan fingerprint density at radius 1 is 1.11 bits per heavy atom. The third-order valence-electron chi connectivity index (χ3n) is 5.00. The molecular formula is C22H22FN3O. The first-order valence-corrected chi connectivity index (χ1v) is 9.33. The van der Waals surface area contributed by atoms with E-state index in [9.17, 15) is 9.18 Å². The van der Waals surface area contributed by atoms with Crippen molar-refractivity contribution in [2.75, 3.05) is 0 Å². The smallest absolute Gasteiger partial charge is 0.273 e. The van der Waals surface area contributed by atoms with Gasteiger partial charge >= 0.3 is 0 Å². The van der Waals surface area contributed by atoms with Crippen molar-refractivity contribution in [1.82, 2.24) is 14.5 Å². The first-order chi connectivity index (χ1) is 13.2. The summed E-state index contributed by atoms with van der Waals surface area (Å²) in [7, 11) is 0. The number of carbonyl (C=O) groups excluding carboxylic acids is 1. The van der Waals surface area contributed by atoms with Crippen molar-refractivity contribution in [3.8, 4) is 5.69 Å². The molecule has 2 aromatic carbocycles. The lowest BCUT2D eigenvalue weighted by atomic mass is 10.1. The molecule has 0 unspecified atom stereocenters. The van der Waals surface area contributed by atoms with Crippen molar-refractivity contribution >= 4 is 5.91 Å². The minimum absolute atomic E-state index is 0.0427. The number of carbonyl (C=O) groups is 1. The van der Waals surface area contributed by atoms with E-state index < -0.39 is 0 Å². The van der Waals surface area contributed by atoms with Crippen LogP contribution in [0, 0.1) is 5.82 Å². The molecule has 1 saturated carbocycles. The minimum atomic E-state index is -0.304. The van der Waals surface area contributed by atoms with Gasteiger partial charge in [0.1, 0.15) is 11.5 Å². The monoisotopic (exact) mass is 363 g/mol. The molecule has 138 valence electrons. The number of hydrogen-bond donors (Lipinski definition) is 0. The van der Waals surface area contributed by atoms with Gasteiger partial charge in [0.15, 0.2) is 0 Å². The van der Waals surface area contributed by atoms with Crippen LogP contribution in [0.2, 0.25) is 0 Å². The highest BCUT2D eigenvalue weighted by atomic mass is 19.1. The van der Waals surface area contributed by atoms with Crippen molar-refractivity contribution in [1.29, 1.82) is 0 Å². The van der Waals surface area contributed by atoms with Gasteiger partial charge in [-0.3, -0.25) is 9.36 Å². The molecule has 0 N–H and O–H groups in total. The molecule has 3 aromatic rings. The van der Waals surface area contributed by atoms with E-state index in [4.69, 9.17) is 0 Å². The second-order valence-electron chi connectivity index (χ2n) is 6.96. The van der Waals surface area contributed by atoms with Gasteiger partial charge in [-0.05, 0) is 54.7 Å². The van der Waals surface area contributed by atoms with Gasteiger partial charge in [-0.15, -0.1) is 0 Å². The van der Waals surface area contributed by atoms with Crippen molar-refractivity contribution < 1.29 is 9.18 Å². The lowest BCUT2D eigenvalue weighted by Gasteiger charge is -2.23. The Labute approximate surface area is 158 Å². The number of nitrogens with zero attached hydrogens (tertiary/aromatic N) is 3. The van der Waals surface area contributed by atoms with Crippen LogP contribution < -0.4 is 0 Å². The van der Waals surface area contributed by atoms with Gasteiger partial charge in [-0.1, -0.05) is 31.2 Å². The van der Waals surface area contributed by atoms with Gasteiger partial charge in [0.2, 0.25) is 0 Å². The predicted molar refractivity (Wildman–Crippen MR) is 102 cm³/mol. The van der Waals surface area contributed by atoms with Crippen molar-refractivity contribution in [2.24, 2.45) is 0 Å². The quantitative estimate of drug-likeness (QED) is 0.652. The van der Waals surface area contributed by atoms with Gasteiger partial charge in [0.25, 0.3) is 5.91 Å². The first-order valence-electron chi connectivity index (χ1n) is 9.33. The van der Waals surface area contributed by atoms with Crippen LogP contribution in [0.25, 0.3) is 5.69 Å². The van der Waals surface area contributed by atoms with E-state index in [2.05, 4.69) is 36.2 Å². The molecule has 5 heteroatoms. The van der Waals surface area contributed by atoms with Crippen LogP contribution in [-0.2, 0) is 13.0 Å². The standard InChI is InChI=1S/C22H22FN3O/c1-2-16-3-5-17(6-4-16)14-25(19-11-12-19)22(27)21-13-24-15-26(21)20-9-7-18(23)8-10-20/h3-10,13,15,19H,2,11-12,14H2,1H3. The molecule has 27 heavy (non-hydrogen) atoms. The summed E-state index contributed by atoms with van der Waals surface area (Å²) in [5.74, 6) is -0.347. The fraction of sp³-hybridized carbons (Fsp3) is 0.273. The van der Waals surface area contributed by atoms with E-state index in [0.29, 0.717) is 12.2 Å². The van der Waals surface area contributed by atoms with E-state index in [1.54, 1.807) is 29.2 Å². The third-order valence-corrected chi connectivity index (χ3v) is 5.00. The molecule has 1 amide bonds. The number of benzene rings is 2. The van der Waals surface area contributed by atoms with Crippen molar-refractivity contribution in [3.05, 3.63) is 83.7 Å². The van der Waals surface area contributed by atoms with Gasteiger partial charge in [-0.2, -0.15) is 0 Å².